The normalized spacial score (nSPS) is 15.9. The Morgan fingerprint density at radius 3 is 2.65 bits per heavy atom. The van der Waals surface area contributed by atoms with Gasteiger partial charge in [-0.1, -0.05) is 15.9 Å². The van der Waals surface area contributed by atoms with E-state index < -0.39 is 5.97 Å². The van der Waals surface area contributed by atoms with Crippen molar-refractivity contribution in [3.05, 3.63) is 28.2 Å². The molecule has 20 heavy (non-hydrogen) atoms. The Kier molecular flexibility index (Phi) is 4.99. The van der Waals surface area contributed by atoms with Crippen molar-refractivity contribution in [2.45, 2.75) is 6.42 Å². The Bertz CT molecular complexity index is 534. The van der Waals surface area contributed by atoms with Crippen molar-refractivity contribution < 1.29 is 9.90 Å². The van der Waals surface area contributed by atoms with Gasteiger partial charge in [-0.05, 0) is 18.2 Å². The lowest BCUT2D eigenvalue weighted by atomic mass is 10.1. The summed E-state index contributed by atoms with van der Waals surface area (Å²) in [7, 11) is 0. The molecule has 1 N–H and O–H groups in total. The maximum atomic E-state index is 10.6. The monoisotopic (exact) mass is 337 g/mol. The maximum absolute atomic E-state index is 10.6. The number of anilines is 1. The highest BCUT2D eigenvalue weighted by molar-refractivity contribution is 9.10. The predicted octanol–water partition coefficient (Wildman–Crippen LogP) is 1.92. The molecule has 0 unspecified atom stereocenters. The van der Waals surface area contributed by atoms with E-state index in [1.807, 2.05) is 18.2 Å². The van der Waals surface area contributed by atoms with E-state index in [4.69, 9.17) is 10.4 Å². The van der Waals surface area contributed by atoms with Crippen LogP contribution in [0.3, 0.4) is 0 Å². The fraction of sp³-hybridized carbons (Fsp3) is 0.429. The molecule has 1 heterocycles. The molecule has 0 atom stereocenters. The molecular weight excluding hydrogens is 322 g/mol. The molecule has 0 bridgehead atoms. The topological polar surface area (TPSA) is 67.6 Å². The van der Waals surface area contributed by atoms with Gasteiger partial charge in [-0.2, -0.15) is 5.26 Å². The number of aliphatic carboxylic acids is 1. The van der Waals surface area contributed by atoms with E-state index in [9.17, 15) is 4.79 Å². The maximum Gasteiger partial charge on any atom is 0.304 e. The van der Waals surface area contributed by atoms with Gasteiger partial charge < -0.3 is 10.0 Å². The number of hydrogen-bond donors (Lipinski definition) is 1. The van der Waals surface area contributed by atoms with E-state index in [-0.39, 0.29) is 6.42 Å². The van der Waals surface area contributed by atoms with Gasteiger partial charge in [0.15, 0.2) is 0 Å². The Hall–Kier alpha value is -1.58. The lowest BCUT2D eigenvalue weighted by Crippen LogP contribution is -2.47. The number of hydrogen-bond acceptors (Lipinski definition) is 4. The van der Waals surface area contributed by atoms with Crippen LogP contribution in [-0.2, 0) is 4.79 Å². The Morgan fingerprint density at radius 2 is 2.05 bits per heavy atom. The lowest BCUT2D eigenvalue weighted by Gasteiger charge is -2.36. The average Bonchev–Trinajstić information content (AvgIpc) is 2.45. The number of carbonyl (C=O) groups is 1. The van der Waals surface area contributed by atoms with E-state index in [1.165, 1.54) is 0 Å². The van der Waals surface area contributed by atoms with Gasteiger partial charge in [-0.25, -0.2) is 0 Å². The lowest BCUT2D eigenvalue weighted by molar-refractivity contribution is -0.137. The second kappa shape index (κ2) is 6.73. The summed E-state index contributed by atoms with van der Waals surface area (Å²) in [5.74, 6) is -0.758. The standard InChI is InChI=1S/C14H16BrN3O2/c15-12-2-1-11(10-16)13(9-12)18-7-5-17(6-8-18)4-3-14(19)20/h1-2,9H,3-8H2,(H,19,20). The van der Waals surface area contributed by atoms with Crippen molar-refractivity contribution in [1.29, 1.82) is 5.26 Å². The molecule has 0 saturated carbocycles. The van der Waals surface area contributed by atoms with E-state index in [0.717, 1.165) is 36.3 Å². The highest BCUT2D eigenvalue weighted by atomic mass is 79.9. The molecule has 6 heteroatoms. The van der Waals surface area contributed by atoms with E-state index >= 15 is 0 Å². The summed E-state index contributed by atoms with van der Waals surface area (Å²) in [6.45, 7) is 3.86. The zero-order valence-corrected chi connectivity index (χ0v) is 12.6. The number of piperazine rings is 1. The Morgan fingerprint density at radius 1 is 1.35 bits per heavy atom. The van der Waals surface area contributed by atoms with Crippen molar-refractivity contribution in [3.63, 3.8) is 0 Å². The van der Waals surface area contributed by atoms with Gasteiger partial charge >= 0.3 is 5.97 Å². The highest BCUT2D eigenvalue weighted by Gasteiger charge is 2.19. The summed E-state index contributed by atoms with van der Waals surface area (Å²) >= 11 is 3.43. The number of carboxylic acid groups (broad SMARTS) is 1. The van der Waals surface area contributed by atoms with Gasteiger partial charge in [-0.3, -0.25) is 9.69 Å². The first kappa shape index (κ1) is 14.8. The number of carboxylic acids is 1. The van der Waals surface area contributed by atoms with Crippen LogP contribution in [-0.4, -0.2) is 48.7 Å². The first-order chi connectivity index (χ1) is 9.60. The zero-order chi connectivity index (χ0) is 14.5. The number of benzene rings is 1. The molecule has 0 spiro atoms. The highest BCUT2D eigenvalue weighted by Crippen LogP contribution is 2.25. The van der Waals surface area contributed by atoms with Crippen LogP contribution in [0.1, 0.15) is 12.0 Å². The average molecular weight is 338 g/mol. The van der Waals surface area contributed by atoms with E-state index in [2.05, 4.69) is 31.8 Å². The van der Waals surface area contributed by atoms with Crippen LogP contribution < -0.4 is 4.90 Å². The predicted molar refractivity (Wildman–Crippen MR) is 79.8 cm³/mol. The summed E-state index contributed by atoms with van der Waals surface area (Å²) in [5.41, 5.74) is 1.62. The first-order valence-electron chi connectivity index (χ1n) is 6.49. The smallest absolute Gasteiger partial charge is 0.304 e. The van der Waals surface area contributed by atoms with E-state index in [1.54, 1.807) is 0 Å². The van der Waals surface area contributed by atoms with Gasteiger partial charge in [0.1, 0.15) is 6.07 Å². The van der Waals surface area contributed by atoms with Crippen molar-refractivity contribution >= 4 is 27.6 Å². The summed E-state index contributed by atoms with van der Waals surface area (Å²) in [5, 5.41) is 17.9. The van der Waals surface area contributed by atoms with Crippen LogP contribution in [0.4, 0.5) is 5.69 Å². The SMILES string of the molecule is N#Cc1ccc(Br)cc1N1CCN(CCC(=O)O)CC1. The van der Waals surface area contributed by atoms with Gasteiger partial charge in [0.2, 0.25) is 0 Å². The van der Waals surface area contributed by atoms with Crippen LogP contribution in [0.5, 0.6) is 0 Å². The third kappa shape index (κ3) is 3.71. The minimum absolute atomic E-state index is 0.181. The fourth-order valence-corrected chi connectivity index (χ4v) is 2.68. The fourth-order valence-electron chi connectivity index (χ4n) is 2.33. The van der Waals surface area contributed by atoms with Crippen LogP contribution in [0.2, 0.25) is 0 Å². The molecule has 1 fully saturated rings. The number of rotatable bonds is 4. The molecule has 0 aromatic heterocycles. The summed E-state index contributed by atoms with van der Waals surface area (Å²) in [4.78, 5) is 14.9. The third-order valence-electron chi connectivity index (χ3n) is 3.44. The number of halogens is 1. The third-order valence-corrected chi connectivity index (χ3v) is 3.93. The van der Waals surface area contributed by atoms with Crippen LogP contribution in [0.15, 0.2) is 22.7 Å². The number of nitriles is 1. The van der Waals surface area contributed by atoms with Crippen molar-refractivity contribution in [2.24, 2.45) is 0 Å². The van der Waals surface area contributed by atoms with Crippen LogP contribution >= 0.6 is 15.9 Å². The van der Waals surface area contributed by atoms with Gasteiger partial charge in [0, 0.05) is 37.2 Å². The van der Waals surface area contributed by atoms with Gasteiger partial charge in [0.05, 0.1) is 17.7 Å². The summed E-state index contributed by atoms with van der Waals surface area (Å²) < 4.78 is 0.958. The molecule has 1 saturated heterocycles. The Balaban J connectivity index is 1.99. The molecule has 2 rings (SSSR count). The van der Waals surface area contributed by atoms with Crippen LogP contribution in [0.25, 0.3) is 0 Å². The molecule has 1 aliphatic heterocycles. The molecule has 1 aliphatic rings. The molecule has 0 radical (unpaired) electrons. The second-order valence-electron chi connectivity index (χ2n) is 4.75. The van der Waals surface area contributed by atoms with E-state index in [0.29, 0.717) is 12.1 Å². The first-order valence-corrected chi connectivity index (χ1v) is 7.28. The quantitative estimate of drug-likeness (QED) is 0.908. The summed E-state index contributed by atoms with van der Waals surface area (Å²) in [6.07, 6.45) is 0.181. The molecule has 106 valence electrons. The zero-order valence-electron chi connectivity index (χ0n) is 11.0. The Labute approximate surface area is 126 Å². The van der Waals surface area contributed by atoms with Crippen molar-refractivity contribution in [3.8, 4) is 6.07 Å². The molecule has 5 nitrogen and oxygen atoms in total. The summed E-state index contributed by atoms with van der Waals surface area (Å²) in [6, 6.07) is 7.86. The molecule has 1 aromatic carbocycles. The van der Waals surface area contributed by atoms with Crippen molar-refractivity contribution in [2.75, 3.05) is 37.6 Å². The molecule has 1 aromatic rings. The van der Waals surface area contributed by atoms with Crippen LogP contribution in [0, 0.1) is 11.3 Å². The number of nitrogens with zero attached hydrogens (tertiary/aromatic N) is 3. The molecular formula is C14H16BrN3O2. The van der Waals surface area contributed by atoms with Gasteiger partial charge in [-0.15, -0.1) is 0 Å². The molecule has 0 amide bonds. The minimum atomic E-state index is -0.758. The van der Waals surface area contributed by atoms with Gasteiger partial charge in [0.25, 0.3) is 0 Å². The van der Waals surface area contributed by atoms with Crippen molar-refractivity contribution in [1.82, 2.24) is 4.90 Å². The second-order valence-corrected chi connectivity index (χ2v) is 5.66. The molecule has 0 aliphatic carbocycles. The largest absolute Gasteiger partial charge is 0.481 e. The minimum Gasteiger partial charge on any atom is -0.481 e.